The predicted molar refractivity (Wildman–Crippen MR) is 101 cm³/mol. The molecule has 1 N–H and O–H groups in total. The number of ether oxygens (including phenoxy) is 1. The molecule has 0 atom stereocenters. The van der Waals surface area contributed by atoms with Crippen LogP contribution < -0.4 is 15.0 Å². The van der Waals surface area contributed by atoms with E-state index in [1.807, 2.05) is 12.1 Å². The fourth-order valence-corrected chi connectivity index (χ4v) is 3.85. The second kappa shape index (κ2) is 7.60. The minimum atomic E-state index is -0.0470. The van der Waals surface area contributed by atoms with Gasteiger partial charge in [0.05, 0.1) is 7.11 Å². The summed E-state index contributed by atoms with van der Waals surface area (Å²) in [6, 6.07) is 16.8. The van der Waals surface area contributed by atoms with Crippen molar-refractivity contribution in [3.05, 3.63) is 59.7 Å². The number of carbonyl (C=O) groups excluding carboxylic acids is 1. The normalized spacial score (nSPS) is 16.3. The van der Waals surface area contributed by atoms with E-state index in [0.717, 1.165) is 38.1 Å². The van der Waals surface area contributed by atoms with Crippen LogP contribution in [0.1, 0.15) is 24.0 Å². The first-order chi connectivity index (χ1) is 12.2. The number of nitrogens with one attached hydrogen (secondary N) is 1. The number of methoxy groups -OCH3 is 1. The molecule has 0 radical (unpaired) electrons. The largest absolute Gasteiger partial charge is 0.497 e. The highest BCUT2D eigenvalue weighted by molar-refractivity contribution is 5.54. The van der Waals surface area contributed by atoms with E-state index in [-0.39, 0.29) is 5.41 Å². The number of hydrogen-bond donors (Lipinski definition) is 1. The smallest absolute Gasteiger partial charge is 0.207 e. The summed E-state index contributed by atoms with van der Waals surface area (Å²) in [5, 5.41) is 2.92. The molecule has 1 fully saturated rings. The molecule has 25 heavy (non-hydrogen) atoms. The number of para-hydroxylation sites is 1. The first-order valence-corrected chi connectivity index (χ1v) is 8.81. The molecule has 2 aromatic carbocycles. The number of carbonyl (C=O) groups is 1. The van der Waals surface area contributed by atoms with E-state index in [1.165, 1.54) is 16.8 Å². The average molecular weight is 338 g/mol. The van der Waals surface area contributed by atoms with E-state index in [9.17, 15) is 4.79 Å². The Bertz CT molecular complexity index is 721. The zero-order chi connectivity index (χ0) is 17.7. The minimum Gasteiger partial charge on any atom is -0.497 e. The topological polar surface area (TPSA) is 41.6 Å². The van der Waals surface area contributed by atoms with Crippen LogP contribution in [0.15, 0.2) is 48.5 Å². The number of nitrogens with zero attached hydrogens (tertiary/aromatic N) is 1. The lowest BCUT2D eigenvalue weighted by Gasteiger charge is -2.43. The van der Waals surface area contributed by atoms with Gasteiger partial charge in [0.2, 0.25) is 6.41 Å². The Labute approximate surface area is 149 Å². The molecule has 0 unspecified atom stereocenters. The van der Waals surface area contributed by atoms with Gasteiger partial charge in [-0.1, -0.05) is 30.3 Å². The van der Waals surface area contributed by atoms with Crippen LogP contribution in [0.5, 0.6) is 5.75 Å². The number of anilines is 1. The molecule has 3 rings (SSSR count). The Morgan fingerprint density at radius 2 is 1.92 bits per heavy atom. The number of benzene rings is 2. The number of hydrogen-bond acceptors (Lipinski definition) is 3. The monoisotopic (exact) mass is 338 g/mol. The van der Waals surface area contributed by atoms with Gasteiger partial charge >= 0.3 is 0 Å². The highest BCUT2D eigenvalue weighted by Gasteiger charge is 2.36. The molecule has 0 saturated carbocycles. The van der Waals surface area contributed by atoms with Gasteiger partial charge in [-0.3, -0.25) is 4.79 Å². The lowest BCUT2D eigenvalue weighted by molar-refractivity contribution is -0.109. The van der Waals surface area contributed by atoms with Crippen molar-refractivity contribution in [2.24, 2.45) is 0 Å². The van der Waals surface area contributed by atoms with Crippen molar-refractivity contribution >= 4 is 12.1 Å². The summed E-state index contributed by atoms with van der Waals surface area (Å²) in [5.74, 6) is 0.865. The Balaban J connectivity index is 1.84. The molecule has 0 bridgehead atoms. The molecule has 0 spiro atoms. The number of aryl methyl sites for hydroxylation is 1. The minimum absolute atomic E-state index is 0.0470. The number of rotatable bonds is 6. The number of piperidine rings is 1. The quantitative estimate of drug-likeness (QED) is 0.822. The molecule has 4 heteroatoms. The van der Waals surface area contributed by atoms with Crippen LogP contribution in [0.4, 0.5) is 5.69 Å². The second-order valence-electron chi connectivity index (χ2n) is 6.78. The molecule has 0 aliphatic carbocycles. The molecular weight excluding hydrogens is 312 g/mol. The second-order valence-corrected chi connectivity index (χ2v) is 6.78. The van der Waals surface area contributed by atoms with E-state index < -0.39 is 0 Å². The Hall–Kier alpha value is -2.49. The third-order valence-electron chi connectivity index (χ3n) is 5.38. The summed E-state index contributed by atoms with van der Waals surface area (Å²) < 4.78 is 5.40. The van der Waals surface area contributed by atoms with Crippen LogP contribution in [0.2, 0.25) is 0 Å². The third-order valence-corrected chi connectivity index (χ3v) is 5.38. The van der Waals surface area contributed by atoms with Crippen LogP contribution in [0.3, 0.4) is 0 Å². The van der Waals surface area contributed by atoms with Gasteiger partial charge < -0.3 is 15.0 Å². The summed E-state index contributed by atoms with van der Waals surface area (Å²) in [4.78, 5) is 13.4. The highest BCUT2D eigenvalue weighted by Crippen LogP contribution is 2.38. The van der Waals surface area contributed by atoms with E-state index in [0.29, 0.717) is 6.54 Å². The van der Waals surface area contributed by atoms with Gasteiger partial charge in [-0.05, 0) is 49.1 Å². The van der Waals surface area contributed by atoms with Crippen molar-refractivity contribution in [1.82, 2.24) is 5.32 Å². The molecule has 1 amide bonds. The zero-order valence-electron chi connectivity index (χ0n) is 15.0. The van der Waals surface area contributed by atoms with Crippen LogP contribution in [-0.4, -0.2) is 33.2 Å². The maximum atomic E-state index is 10.9. The van der Waals surface area contributed by atoms with E-state index in [4.69, 9.17) is 4.74 Å². The molecular formula is C21H26N2O2. The standard InChI is InChI=1S/C21H26N2O2/c1-17-6-3-4-9-20(17)23-12-10-21(11-13-23,15-22-16-24)18-7-5-8-19(14-18)25-2/h3-9,14,16H,10-13,15H2,1-2H3,(H,22,24). The molecule has 0 aromatic heterocycles. The van der Waals surface area contributed by atoms with Gasteiger partial charge in [-0.25, -0.2) is 0 Å². The summed E-state index contributed by atoms with van der Waals surface area (Å²) in [5.41, 5.74) is 3.81. The van der Waals surface area contributed by atoms with E-state index >= 15 is 0 Å². The van der Waals surface area contributed by atoms with Crippen molar-refractivity contribution in [2.45, 2.75) is 25.2 Å². The average Bonchev–Trinajstić information content (AvgIpc) is 2.67. The summed E-state index contributed by atoms with van der Waals surface area (Å²) in [6.07, 6.45) is 2.79. The fraction of sp³-hybridized carbons (Fsp3) is 0.381. The molecule has 1 saturated heterocycles. The summed E-state index contributed by atoms with van der Waals surface area (Å²) >= 11 is 0. The van der Waals surface area contributed by atoms with Crippen LogP contribution in [0.25, 0.3) is 0 Å². The molecule has 132 valence electrons. The lowest BCUT2D eigenvalue weighted by Crippen LogP contribution is -2.48. The highest BCUT2D eigenvalue weighted by atomic mass is 16.5. The molecule has 1 aliphatic rings. The van der Waals surface area contributed by atoms with Gasteiger partial charge in [0, 0.05) is 30.7 Å². The van der Waals surface area contributed by atoms with E-state index in [2.05, 4.69) is 53.5 Å². The first-order valence-electron chi connectivity index (χ1n) is 8.81. The lowest BCUT2D eigenvalue weighted by atomic mass is 9.72. The van der Waals surface area contributed by atoms with Crippen molar-refractivity contribution in [3.8, 4) is 5.75 Å². The molecule has 1 heterocycles. The Kier molecular flexibility index (Phi) is 5.27. The van der Waals surface area contributed by atoms with Crippen LogP contribution in [0, 0.1) is 6.92 Å². The zero-order valence-corrected chi connectivity index (χ0v) is 15.0. The van der Waals surface area contributed by atoms with Crippen molar-refractivity contribution < 1.29 is 9.53 Å². The third kappa shape index (κ3) is 3.63. The Morgan fingerprint density at radius 3 is 2.60 bits per heavy atom. The maximum absolute atomic E-state index is 10.9. The maximum Gasteiger partial charge on any atom is 0.207 e. The van der Waals surface area contributed by atoms with Gasteiger partial charge in [0.1, 0.15) is 5.75 Å². The van der Waals surface area contributed by atoms with Crippen molar-refractivity contribution in [1.29, 1.82) is 0 Å². The molecule has 2 aromatic rings. The predicted octanol–water partition coefficient (Wildman–Crippen LogP) is 3.29. The van der Waals surface area contributed by atoms with E-state index in [1.54, 1.807) is 7.11 Å². The SMILES string of the molecule is COc1cccc(C2(CNC=O)CCN(c3ccccc3C)CC2)c1. The molecule has 4 nitrogen and oxygen atoms in total. The first kappa shape index (κ1) is 17.3. The van der Waals surface area contributed by atoms with Gasteiger partial charge in [0.15, 0.2) is 0 Å². The fourth-order valence-electron chi connectivity index (χ4n) is 3.85. The summed E-state index contributed by atoms with van der Waals surface area (Å²) in [7, 11) is 1.69. The van der Waals surface area contributed by atoms with Gasteiger partial charge in [-0.15, -0.1) is 0 Å². The van der Waals surface area contributed by atoms with Gasteiger partial charge in [-0.2, -0.15) is 0 Å². The van der Waals surface area contributed by atoms with Crippen LogP contribution in [-0.2, 0) is 10.2 Å². The summed E-state index contributed by atoms with van der Waals surface area (Å²) in [6.45, 7) is 4.77. The molecule has 1 aliphatic heterocycles. The number of amides is 1. The van der Waals surface area contributed by atoms with Gasteiger partial charge in [0.25, 0.3) is 0 Å². The van der Waals surface area contributed by atoms with Crippen molar-refractivity contribution in [3.63, 3.8) is 0 Å². The van der Waals surface area contributed by atoms with Crippen LogP contribution >= 0.6 is 0 Å². The Morgan fingerprint density at radius 1 is 1.16 bits per heavy atom. The van der Waals surface area contributed by atoms with Crippen molar-refractivity contribution in [2.75, 3.05) is 31.6 Å².